The Morgan fingerprint density at radius 2 is 1.83 bits per heavy atom. The van der Waals surface area contributed by atoms with Crippen molar-refractivity contribution >= 4 is 39.1 Å². The van der Waals surface area contributed by atoms with E-state index in [0.29, 0.717) is 49.0 Å². The highest BCUT2D eigenvalue weighted by atomic mass is 32.2. The number of nitrogens with zero attached hydrogens (tertiary/aromatic N) is 3. The van der Waals surface area contributed by atoms with Crippen LogP contribution in [0.2, 0.25) is 0 Å². The standard InChI is InChI=1S/C23H25FN6O5S/c1-15-2-3-17(12-20(15)36(25,32)33)28-23-26-13-19(24)22(29-23)27-16-4-6-18(7-5-16)35-14-21(31)30-8-10-34-11-9-30/h2-7,12-13H,8-11,14H2,1H3,(H2,25,32,33)(H2,26,27,28,29). The molecule has 4 N–H and O–H groups in total. The van der Waals surface area contributed by atoms with Gasteiger partial charge in [-0.05, 0) is 48.9 Å². The molecule has 0 aliphatic carbocycles. The number of aryl methyl sites for hydroxylation is 1. The number of sulfonamides is 1. The van der Waals surface area contributed by atoms with E-state index in [1.54, 1.807) is 48.2 Å². The molecule has 0 atom stereocenters. The summed E-state index contributed by atoms with van der Waals surface area (Å²) < 4.78 is 48.7. The highest BCUT2D eigenvalue weighted by Crippen LogP contribution is 2.24. The lowest BCUT2D eigenvalue weighted by atomic mass is 10.2. The number of primary sulfonamides is 1. The average Bonchev–Trinajstić information content (AvgIpc) is 2.86. The maximum atomic E-state index is 14.3. The monoisotopic (exact) mass is 516 g/mol. The SMILES string of the molecule is Cc1ccc(Nc2ncc(F)c(Nc3ccc(OCC(=O)N4CCOCC4)cc3)n2)cc1S(N)(=O)=O. The van der Waals surface area contributed by atoms with Gasteiger partial charge in [0.25, 0.3) is 5.91 Å². The van der Waals surface area contributed by atoms with Crippen LogP contribution in [0.25, 0.3) is 0 Å². The molecule has 2 aromatic carbocycles. The Labute approximate surface area is 207 Å². The smallest absolute Gasteiger partial charge is 0.260 e. The number of rotatable bonds is 8. The van der Waals surface area contributed by atoms with Crippen LogP contribution in [-0.4, -0.2) is 62.1 Å². The van der Waals surface area contributed by atoms with Crippen molar-refractivity contribution in [1.29, 1.82) is 0 Å². The minimum atomic E-state index is -3.91. The molecule has 13 heteroatoms. The van der Waals surface area contributed by atoms with Crippen molar-refractivity contribution in [1.82, 2.24) is 14.9 Å². The fraction of sp³-hybridized carbons (Fsp3) is 0.261. The average molecular weight is 517 g/mol. The zero-order valence-corrected chi connectivity index (χ0v) is 20.2. The Balaban J connectivity index is 1.40. The van der Waals surface area contributed by atoms with Crippen molar-refractivity contribution in [3.8, 4) is 5.75 Å². The summed E-state index contributed by atoms with van der Waals surface area (Å²) in [6.07, 6.45) is 0.987. The number of nitrogens with two attached hydrogens (primary N) is 1. The number of anilines is 4. The third kappa shape index (κ3) is 6.44. The van der Waals surface area contributed by atoms with E-state index in [1.165, 1.54) is 6.07 Å². The molecule has 190 valence electrons. The summed E-state index contributed by atoms with van der Waals surface area (Å²) in [4.78, 5) is 21.9. The highest BCUT2D eigenvalue weighted by molar-refractivity contribution is 7.89. The summed E-state index contributed by atoms with van der Waals surface area (Å²) in [5, 5.41) is 11.0. The fourth-order valence-corrected chi connectivity index (χ4v) is 4.26. The van der Waals surface area contributed by atoms with Crippen molar-refractivity contribution < 1.29 is 27.1 Å². The van der Waals surface area contributed by atoms with Gasteiger partial charge in [0, 0.05) is 24.5 Å². The molecule has 3 aromatic rings. The minimum Gasteiger partial charge on any atom is -0.484 e. The Morgan fingerprint density at radius 3 is 2.53 bits per heavy atom. The molecule has 11 nitrogen and oxygen atoms in total. The predicted octanol–water partition coefficient (Wildman–Crippen LogP) is 2.30. The highest BCUT2D eigenvalue weighted by Gasteiger charge is 2.17. The van der Waals surface area contributed by atoms with Crippen LogP contribution >= 0.6 is 0 Å². The second-order valence-electron chi connectivity index (χ2n) is 7.97. The van der Waals surface area contributed by atoms with Gasteiger partial charge in [0.1, 0.15) is 5.75 Å². The number of aromatic nitrogens is 2. The van der Waals surface area contributed by atoms with Gasteiger partial charge in [-0.25, -0.2) is 22.9 Å². The Kier molecular flexibility index (Phi) is 7.62. The van der Waals surface area contributed by atoms with E-state index < -0.39 is 15.8 Å². The molecule has 36 heavy (non-hydrogen) atoms. The lowest BCUT2D eigenvalue weighted by Crippen LogP contribution is -2.42. The zero-order valence-electron chi connectivity index (χ0n) is 19.4. The van der Waals surface area contributed by atoms with Crippen LogP contribution in [0.1, 0.15) is 5.56 Å². The summed E-state index contributed by atoms with van der Waals surface area (Å²) in [6.45, 7) is 3.66. The zero-order chi connectivity index (χ0) is 25.7. The summed E-state index contributed by atoms with van der Waals surface area (Å²) in [5.41, 5.74) is 1.39. The molecule has 0 radical (unpaired) electrons. The van der Waals surface area contributed by atoms with Crippen molar-refractivity contribution in [2.45, 2.75) is 11.8 Å². The van der Waals surface area contributed by atoms with E-state index in [4.69, 9.17) is 14.6 Å². The molecule has 1 aliphatic rings. The first-order valence-electron chi connectivity index (χ1n) is 11.0. The number of carbonyl (C=O) groups is 1. The minimum absolute atomic E-state index is 0.0399. The largest absolute Gasteiger partial charge is 0.484 e. The molecule has 4 rings (SSSR count). The third-order valence-electron chi connectivity index (χ3n) is 5.34. The molecule has 0 bridgehead atoms. The van der Waals surface area contributed by atoms with Gasteiger partial charge in [-0.2, -0.15) is 4.98 Å². The molecule has 1 aromatic heterocycles. The van der Waals surface area contributed by atoms with Crippen molar-refractivity contribution in [2.75, 3.05) is 43.5 Å². The quantitative estimate of drug-likeness (QED) is 0.410. The number of morpholine rings is 1. The Bertz CT molecular complexity index is 1350. The van der Waals surface area contributed by atoms with Crippen molar-refractivity contribution in [3.63, 3.8) is 0 Å². The van der Waals surface area contributed by atoms with Crippen LogP contribution in [0.3, 0.4) is 0 Å². The number of benzene rings is 2. The van der Waals surface area contributed by atoms with Crippen LogP contribution in [0.4, 0.5) is 27.5 Å². The molecule has 0 unspecified atom stereocenters. The number of hydrogen-bond donors (Lipinski definition) is 3. The lowest BCUT2D eigenvalue weighted by Gasteiger charge is -2.26. The van der Waals surface area contributed by atoms with Gasteiger partial charge >= 0.3 is 0 Å². The Hall–Kier alpha value is -3.81. The van der Waals surface area contributed by atoms with E-state index in [1.807, 2.05) is 0 Å². The fourth-order valence-electron chi connectivity index (χ4n) is 3.45. The number of halogens is 1. The van der Waals surface area contributed by atoms with Gasteiger partial charge in [0.15, 0.2) is 18.2 Å². The normalized spacial score (nSPS) is 13.8. The predicted molar refractivity (Wildman–Crippen MR) is 130 cm³/mol. The van der Waals surface area contributed by atoms with Crippen LogP contribution in [-0.2, 0) is 19.6 Å². The molecule has 0 spiro atoms. The second kappa shape index (κ2) is 10.8. The Morgan fingerprint density at radius 1 is 1.14 bits per heavy atom. The van der Waals surface area contributed by atoms with Crippen LogP contribution < -0.4 is 20.5 Å². The van der Waals surface area contributed by atoms with E-state index in [9.17, 15) is 17.6 Å². The summed E-state index contributed by atoms with van der Waals surface area (Å²) in [6, 6.07) is 11.2. The van der Waals surface area contributed by atoms with Crippen molar-refractivity contribution in [3.05, 3.63) is 60.0 Å². The number of ether oxygens (including phenoxy) is 2. The van der Waals surface area contributed by atoms with Gasteiger partial charge in [-0.3, -0.25) is 4.79 Å². The van der Waals surface area contributed by atoms with Gasteiger partial charge in [-0.1, -0.05) is 6.07 Å². The molecule has 1 saturated heterocycles. The second-order valence-corrected chi connectivity index (χ2v) is 9.50. The maximum Gasteiger partial charge on any atom is 0.260 e. The van der Waals surface area contributed by atoms with E-state index in [0.717, 1.165) is 6.20 Å². The van der Waals surface area contributed by atoms with Gasteiger partial charge < -0.3 is 25.0 Å². The van der Waals surface area contributed by atoms with Crippen LogP contribution in [0.5, 0.6) is 5.75 Å². The van der Waals surface area contributed by atoms with Crippen molar-refractivity contribution in [2.24, 2.45) is 5.14 Å². The first-order valence-corrected chi connectivity index (χ1v) is 12.5. The number of nitrogens with one attached hydrogen (secondary N) is 2. The number of hydrogen-bond acceptors (Lipinski definition) is 9. The molecule has 0 saturated carbocycles. The molecular formula is C23H25FN6O5S. The van der Waals surface area contributed by atoms with E-state index >= 15 is 0 Å². The number of amides is 1. The molecule has 2 heterocycles. The van der Waals surface area contributed by atoms with Gasteiger partial charge in [0.05, 0.1) is 24.3 Å². The van der Waals surface area contributed by atoms with Gasteiger partial charge in [-0.15, -0.1) is 0 Å². The third-order valence-corrected chi connectivity index (χ3v) is 6.39. The van der Waals surface area contributed by atoms with Gasteiger partial charge in [0.2, 0.25) is 16.0 Å². The van der Waals surface area contributed by atoms with Crippen LogP contribution in [0, 0.1) is 12.7 Å². The van der Waals surface area contributed by atoms with E-state index in [2.05, 4.69) is 20.6 Å². The topological polar surface area (TPSA) is 149 Å². The first kappa shape index (κ1) is 25.3. The molecular weight excluding hydrogens is 491 g/mol. The molecule has 1 amide bonds. The van der Waals surface area contributed by atoms with Crippen LogP contribution in [0.15, 0.2) is 53.6 Å². The van der Waals surface area contributed by atoms with E-state index in [-0.39, 0.29) is 29.2 Å². The maximum absolute atomic E-state index is 14.3. The summed E-state index contributed by atoms with van der Waals surface area (Å²) in [5.74, 6) is -0.371. The first-order chi connectivity index (χ1) is 17.2. The lowest BCUT2D eigenvalue weighted by molar-refractivity contribution is -0.137. The number of carbonyl (C=O) groups excluding carboxylic acids is 1. The summed E-state index contributed by atoms with van der Waals surface area (Å²) >= 11 is 0. The molecule has 1 aliphatic heterocycles. The summed E-state index contributed by atoms with van der Waals surface area (Å²) in [7, 11) is -3.91. The molecule has 1 fully saturated rings.